The van der Waals surface area contributed by atoms with E-state index >= 15 is 0 Å². The zero-order valence-electron chi connectivity index (χ0n) is 16.7. The average molecular weight is 421 g/mol. The molecule has 0 unspecified atom stereocenters. The van der Waals surface area contributed by atoms with E-state index in [-0.39, 0.29) is 11.8 Å². The number of amides is 2. The summed E-state index contributed by atoms with van der Waals surface area (Å²) in [6, 6.07) is 11.0. The first-order valence-electron chi connectivity index (χ1n) is 9.64. The molecule has 0 saturated carbocycles. The van der Waals surface area contributed by atoms with Gasteiger partial charge in [-0.25, -0.2) is 0 Å². The van der Waals surface area contributed by atoms with Gasteiger partial charge in [-0.15, -0.1) is 0 Å². The highest BCUT2D eigenvalue weighted by molar-refractivity contribution is 6.36. The topological polar surface area (TPSA) is 86.9 Å². The number of pyridine rings is 1. The summed E-state index contributed by atoms with van der Waals surface area (Å²) in [6.07, 6.45) is 4.16. The fourth-order valence-electron chi connectivity index (χ4n) is 3.65. The first-order chi connectivity index (χ1) is 14.4. The Balaban J connectivity index is 1.55. The summed E-state index contributed by atoms with van der Waals surface area (Å²) >= 11 is 6.10. The molecule has 6 nitrogen and oxygen atoms in total. The quantitative estimate of drug-likeness (QED) is 0.542. The maximum absolute atomic E-state index is 12.8. The van der Waals surface area contributed by atoms with E-state index in [1.54, 1.807) is 30.5 Å². The third-order valence-electron chi connectivity index (χ3n) is 5.15. The van der Waals surface area contributed by atoms with E-state index in [4.69, 9.17) is 11.6 Å². The number of halogens is 1. The monoisotopic (exact) mass is 420 g/mol. The Morgan fingerprint density at radius 1 is 1.23 bits per heavy atom. The lowest BCUT2D eigenvalue weighted by molar-refractivity contribution is -0.110. The molecule has 3 aromatic rings. The van der Waals surface area contributed by atoms with Crippen molar-refractivity contribution in [2.75, 3.05) is 11.9 Å². The zero-order valence-corrected chi connectivity index (χ0v) is 17.4. The molecule has 7 heteroatoms. The second-order valence-corrected chi connectivity index (χ2v) is 7.63. The predicted molar refractivity (Wildman–Crippen MR) is 118 cm³/mol. The first-order valence-corrected chi connectivity index (χ1v) is 10.0. The molecule has 0 bridgehead atoms. The summed E-state index contributed by atoms with van der Waals surface area (Å²) in [7, 11) is 0. The zero-order chi connectivity index (χ0) is 21.3. The maximum Gasteiger partial charge on any atom is 0.256 e. The van der Waals surface area contributed by atoms with Crippen LogP contribution in [0.25, 0.3) is 11.6 Å². The summed E-state index contributed by atoms with van der Waals surface area (Å²) in [5.74, 6) is -0.346. The molecule has 0 radical (unpaired) electrons. The van der Waals surface area contributed by atoms with Crippen LogP contribution in [0.2, 0.25) is 5.02 Å². The molecule has 2 amide bonds. The van der Waals surface area contributed by atoms with Crippen LogP contribution in [-0.2, 0) is 11.2 Å². The average Bonchev–Trinajstić information content (AvgIpc) is 3.18. The molecule has 0 fully saturated rings. The van der Waals surface area contributed by atoms with Crippen LogP contribution in [0.4, 0.5) is 5.69 Å². The van der Waals surface area contributed by atoms with Gasteiger partial charge < -0.3 is 15.6 Å². The van der Waals surface area contributed by atoms with Crippen molar-refractivity contribution in [1.29, 1.82) is 0 Å². The normalized spacial score (nSPS) is 14.0. The minimum absolute atomic E-state index is 0.152. The van der Waals surface area contributed by atoms with Gasteiger partial charge in [-0.1, -0.05) is 17.7 Å². The molecule has 1 aliphatic rings. The number of aromatic nitrogens is 2. The highest BCUT2D eigenvalue weighted by Crippen LogP contribution is 2.35. The maximum atomic E-state index is 12.8. The number of aromatic amines is 1. The van der Waals surface area contributed by atoms with E-state index in [0.29, 0.717) is 29.1 Å². The highest BCUT2D eigenvalue weighted by Gasteiger charge is 2.25. The largest absolute Gasteiger partial charge is 0.358 e. The van der Waals surface area contributed by atoms with Crippen molar-refractivity contribution in [3.63, 3.8) is 0 Å². The number of carbonyl (C=O) groups excluding carboxylic acids is 2. The van der Waals surface area contributed by atoms with Gasteiger partial charge in [0, 0.05) is 52.5 Å². The van der Waals surface area contributed by atoms with E-state index in [9.17, 15) is 9.59 Å². The molecule has 30 heavy (non-hydrogen) atoms. The van der Waals surface area contributed by atoms with Crippen LogP contribution < -0.4 is 10.6 Å². The number of hydrogen-bond donors (Lipinski definition) is 3. The molecular weight excluding hydrogens is 400 g/mol. The molecule has 1 aromatic carbocycles. The third kappa shape index (κ3) is 3.86. The highest BCUT2D eigenvalue weighted by atomic mass is 35.5. The van der Waals surface area contributed by atoms with Crippen LogP contribution in [-0.4, -0.2) is 28.3 Å². The minimum Gasteiger partial charge on any atom is -0.358 e. The Morgan fingerprint density at radius 3 is 2.83 bits per heavy atom. The predicted octanol–water partition coefficient (Wildman–Crippen LogP) is 4.15. The van der Waals surface area contributed by atoms with Crippen molar-refractivity contribution in [2.45, 2.75) is 20.3 Å². The van der Waals surface area contributed by atoms with Crippen LogP contribution in [0.3, 0.4) is 0 Å². The van der Waals surface area contributed by atoms with E-state index in [2.05, 4.69) is 20.6 Å². The SMILES string of the molecule is Cc1[nH]c(C=C2C(=O)Nc3ccc(Cl)cc32)c(C)c1C(=O)NCCc1ccccn1. The first kappa shape index (κ1) is 19.9. The molecule has 0 spiro atoms. The molecule has 3 heterocycles. The lowest BCUT2D eigenvalue weighted by Crippen LogP contribution is -2.26. The number of anilines is 1. The van der Waals surface area contributed by atoms with Gasteiger partial charge in [-0.2, -0.15) is 0 Å². The van der Waals surface area contributed by atoms with Crippen LogP contribution >= 0.6 is 11.6 Å². The number of fused-ring (bicyclic) bond motifs is 1. The van der Waals surface area contributed by atoms with Gasteiger partial charge in [0.15, 0.2) is 0 Å². The summed E-state index contributed by atoms with van der Waals surface area (Å²) in [6.45, 7) is 4.21. The van der Waals surface area contributed by atoms with Gasteiger partial charge in [0.1, 0.15) is 0 Å². The van der Waals surface area contributed by atoms with Crippen molar-refractivity contribution in [2.24, 2.45) is 0 Å². The van der Waals surface area contributed by atoms with Crippen molar-refractivity contribution < 1.29 is 9.59 Å². The lowest BCUT2D eigenvalue weighted by atomic mass is 10.0. The lowest BCUT2D eigenvalue weighted by Gasteiger charge is -2.06. The van der Waals surface area contributed by atoms with Gasteiger partial charge in [0.2, 0.25) is 0 Å². The van der Waals surface area contributed by atoms with E-state index in [0.717, 1.165) is 33.9 Å². The Bertz CT molecular complexity index is 1170. The van der Waals surface area contributed by atoms with Gasteiger partial charge in [-0.05, 0) is 55.8 Å². The molecule has 2 aromatic heterocycles. The van der Waals surface area contributed by atoms with Crippen LogP contribution in [0.1, 0.15) is 38.6 Å². The molecule has 4 rings (SSSR count). The Labute approximate surface area is 179 Å². The molecule has 0 aliphatic carbocycles. The van der Waals surface area contributed by atoms with Crippen molar-refractivity contribution in [1.82, 2.24) is 15.3 Å². The molecule has 0 saturated heterocycles. The van der Waals surface area contributed by atoms with E-state index < -0.39 is 0 Å². The number of aryl methyl sites for hydroxylation is 1. The number of carbonyl (C=O) groups is 2. The number of nitrogens with zero attached hydrogens (tertiary/aromatic N) is 1. The number of rotatable bonds is 5. The molecule has 0 atom stereocenters. The standard InChI is InChI=1S/C23H21ClN4O2/c1-13-20(12-18-17-11-15(24)6-7-19(17)28-22(18)29)27-14(2)21(13)23(30)26-10-8-16-5-3-4-9-25-16/h3-7,9,11-12,27H,8,10H2,1-2H3,(H,26,30)(H,28,29). The smallest absolute Gasteiger partial charge is 0.256 e. The minimum atomic E-state index is -0.194. The summed E-state index contributed by atoms with van der Waals surface area (Å²) < 4.78 is 0. The van der Waals surface area contributed by atoms with Crippen LogP contribution in [0, 0.1) is 13.8 Å². The van der Waals surface area contributed by atoms with E-state index in [1.807, 2.05) is 32.0 Å². The van der Waals surface area contributed by atoms with Crippen LogP contribution in [0.15, 0.2) is 42.6 Å². The summed E-state index contributed by atoms with van der Waals surface area (Å²) in [5.41, 5.74) is 5.77. The molecule has 152 valence electrons. The number of benzene rings is 1. The van der Waals surface area contributed by atoms with Crippen molar-refractivity contribution in [3.05, 3.63) is 81.4 Å². The van der Waals surface area contributed by atoms with Crippen LogP contribution in [0.5, 0.6) is 0 Å². The molecular formula is C23H21ClN4O2. The second kappa shape index (κ2) is 8.16. The van der Waals surface area contributed by atoms with Gasteiger partial charge in [-0.3, -0.25) is 14.6 Å². The fraction of sp³-hybridized carbons (Fsp3) is 0.174. The van der Waals surface area contributed by atoms with Gasteiger partial charge in [0.25, 0.3) is 11.8 Å². The van der Waals surface area contributed by atoms with Gasteiger partial charge >= 0.3 is 0 Å². The fourth-order valence-corrected chi connectivity index (χ4v) is 3.82. The number of H-pyrrole nitrogens is 1. The molecule has 1 aliphatic heterocycles. The third-order valence-corrected chi connectivity index (χ3v) is 5.38. The molecule has 3 N–H and O–H groups in total. The van der Waals surface area contributed by atoms with E-state index in [1.165, 1.54) is 0 Å². The Morgan fingerprint density at radius 2 is 2.07 bits per heavy atom. The summed E-state index contributed by atoms with van der Waals surface area (Å²) in [5, 5.41) is 6.35. The Kier molecular flexibility index (Phi) is 5.42. The second-order valence-electron chi connectivity index (χ2n) is 7.19. The number of nitrogens with one attached hydrogen (secondary N) is 3. The summed E-state index contributed by atoms with van der Waals surface area (Å²) in [4.78, 5) is 32.7. The van der Waals surface area contributed by atoms with Crippen molar-refractivity contribution >= 4 is 40.8 Å². The van der Waals surface area contributed by atoms with Gasteiger partial charge in [0.05, 0.1) is 11.1 Å². The number of hydrogen-bond acceptors (Lipinski definition) is 3. The Hall–Kier alpha value is -3.38. The van der Waals surface area contributed by atoms with Crippen molar-refractivity contribution in [3.8, 4) is 0 Å².